The summed E-state index contributed by atoms with van der Waals surface area (Å²) >= 11 is 0. The molecule has 0 amide bonds. The third kappa shape index (κ3) is 2.93. The zero-order valence-electron chi connectivity index (χ0n) is 21.2. The Morgan fingerprint density at radius 1 is 1.37 bits per heavy atom. The minimum atomic E-state index is -3.44. The normalized spacial score (nSPS) is 30.4. The molecule has 1 fully saturated rings. The van der Waals surface area contributed by atoms with Crippen molar-refractivity contribution in [2.24, 2.45) is 0 Å². The van der Waals surface area contributed by atoms with Crippen molar-refractivity contribution in [2.45, 2.75) is 52.1 Å². The zero-order valence-corrected chi connectivity index (χ0v) is 11.2. The second-order valence-corrected chi connectivity index (χ2v) is 5.11. The first-order valence-electron chi connectivity index (χ1n) is 10.8. The summed E-state index contributed by atoms with van der Waals surface area (Å²) in [5.74, 6) is -0.876. The number of aromatic nitrogens is 1. The second-order valence-electron chi connectivity index (χ2n) is 5.11. The van der Waals surface area contributed by atoms with E-state index in [0.29, 0.717) is 0 Å². The summed E-state index contributed by atoms with van der Waals surface area (Å²) < 4.78 is 92.6. The molecule has 0 saturated carbocycles. The SMILES string of the molecule is [2H]c1nc(OC([2H])([2H])C([2H])([2H])C([2H])([2H])[2H])c([2H])c([2H])c1B1OC(C)(C)C(C)(C)O1. The molecule has 0 aromatic carbocycles. The molecule has 0 aliphatic carbocycles. The predicted molar refractivity (Wildman–Crippen MR) is 75.7 cm³/mol. The van der Waals surface area contributed by atoms with Crippen LogP contribution < -0.4 is 10.2 Å². The van der Waals surface area contributed by atoms with Crippen molar-refractivity contribution in [3.8, 4) is 5.88 Å². The van der Waals surface area contributed by atoms with Crippen molar-refractivity contribution in [2.75, 3.05) is 6.56 Å². The average Bonchev–Trinajstić information content (AvgIpc) is 2.70. The molecular formula is C14H22BNO3. The van der Waals surface area contributed by atoms with Crippen LogP contribution in [0.1, 0.15) is 54.6 Å². The average molecular weight is 273 g/mol. The van der Waals surface area contributed by atoms with Crippen molar-refractivity contribution in [3.05, 3.63) is 18.3 Å². The van der Waals surface area contributed by atoms with E-state index in [0.717, 1.165) is 0 Å². The van der Waals surface area contributed by atoms with Gasteiger partial charge in [0.05, 0.1) is 24.6 Å². The van der Waals surface area contributed by atoms with Crippen LogP contribution in [0, 0.1) is 0 Å². The molecule has 2 rings (SSSR count). The summed E-state index contributed by atoms with van der Waals surface area (Å²) in [7, 11) is -1.17. The van der Waals surface area contributed by atoms with Gasteiger partial charge < -0.3 is 14.0 Å². The Balaban J connectivity index is 2.45. The van der Waals surface area contributed by atoms with Crippen LogP contribution in [0.4, 0.5) is 0 Å². The topological polar surface area (TPSA) is 40.6 Å². The summed E-state index contributed by atoms with van der Waals surface area (Å²) in [6.07, 6.45) is -4.03. The molecule has 4 nitrogen and oxygen atoms in total. The number of pyridine rings is 1. The Morgan fingerprint density at radius 2 is 2.05 bits per heavy atom. The molecule has 19 heavy (non-hydrogen) atoms. The maximum absolute atomic E-state index is 8.17. The third-order valence-electron chi connectivity index (χ3n) is 3.27. The Hall–Kier alpha value is -1.07. The van der Waals surface area contributed by atoms with E-state index >= 15 is 0 Å². The summed E-state index contributed by atoms with van der Waals surface area (Å²) in [5.41, 5.74) is -1.72. The molecule has 0 spiro atoms. The van der Waals surface area contributed by atoms with Crippen molar-refractivity contribution in [1.29, 1.82) is 0 Å². The Labute approximate surface area is 129 Å². The molecule has 1 aliphatic rings. The molecule has 1 aromatic heterocycles. The van der Waals surface area contributed by atoms with Gasteiger partial charge in [-0.15, -0.1) is 0 Å². The van der Waals surface area contributed by atoms with Crippen LogP contribution in [-0.2, 0) is 9.31 Å². The van der Waals surface area contributed by atoms with Crippen LogP contribution in [0.2, 0.25) is 0 Å². The smallest absolute Gasteiger partial charge is 0.478 e. The fourth-order valence-corrected chi connectivity index (χ4v) is 1.48. The quantitative estimate of drug-likeness (QED) is 0.788. The first-order chi connectivity index (χ1) is 12.8. The minimum Gasteiger partial charge on any atom is -0.478 e. The van der Waals surface area contributed by atoms with Crippen LogP contribution in [0.25, 0.3) is 0 Å². The fraction of sp³-hybridized carbons (Fsp3) is 0.643. The lowest BCUT2D eigenvalue weighted by molar-refractivity contribution is 0.00578. The predicted octanol–water partition coefficient (Wildman–Crippen LogP) is 2.17. The first-order valence-corrected chi connectivity index (χ1v) is 5.77. The summed E-state index contributed by atoms with van der Waals surface area (Å²) in [5, 5.41) is 0. The van der Waals surface area contributed by atoms with Crippen LogP contribution in [-0.4, -0.2) is 29.9 Å². The largest absolute Gasteiger partial charge is 0.496 e. The van der Waals surface area contributed by atoms with Gasteiger partial charge >= 0.3 is 7.12 Å². The molecule has 0 unspecified atom stereocenters. The third-order valence-corrected chi connectivity index (χ3v) is 3.27. The van der Waals surface area contributed by atoms with E-state index in [2.05, 4.69) is 4.98 Å². The number of rotatable bonds is 4. The molecule has 5 heteroatoms. The lowest BCUT2D eigenvalue weighted by Crippen LogP contribution is -2.41. The number of hydrogen-bond donors (Lipinski definition) is 0. The van der Waals surface area contributed by atoms with Crippen molar-refractivity contribution < 1.29 is 27.8 Å². The van der Waals surface area contributed by atoms with E-state index in [4.69, 9.17) is 27.8 Å². The highest BCUT2D eigenvalue weighted by Crippen LogP contribution is 2.36. The molecule has 1 aromatic rings. The molecule has 0 bridgehead atoms. The van der Waals surface area contributed by atoms with Gasteiger partial charge in [-0.25, -0.2) is 4.98 Å². The monoisotopic (exact) mass is 273 g/mol. The fourth-order valence-electron chi connectivity index (χ4n) is 1.48. The molecule has 104 valence electrons. The van der Waals surface area contributed by atoms with Gasteiger partial charge in [0.1, 0.15) is 0 Å². The maximum Gasteiger partial charge on any atom is 0.496 e. The van der Waals surface area contributed by atoms with Gasteiger partial charge in [-0.05, 0) is 40.1 Å². The van der Waals surface area contributed by atoms with E-state index < -0.39 is 62.2 Å². The number of ether oxygens (including phenoxy) is 1. The molecule has 0 atom stereocenters. The van der Waals surface area contributed by atoms with Crippen LogP contribution >= 0.6 is 0 Å². The lowest BCUT2D eigenvalue weighted by Gasteiger charge is -2.32. The summed E-state index contributed by atoms with van der Waals surface area (Å²) in [6.45, 7) is 0.271. The second kappa shape index (κ2) is 5.14. The van der Waals surface area contributed by atoms with Crippen LogP contribution in [0.5, 0.6) is 5.88 Å². The number of hydrogen-bond acceptors (Lipinski definition) is 4. The van der Waals surface area contributed by atoms with E-state index in [9.17, 15) is 0 Å². The molecule has 0 N–H and O–H groups in total. The van der Waals surface area contributed by atoms with Crippen LogP contribution in [0.3, 0.4) is 0 Å². The van der Waals surface area contributed by atoms with E-state index in [1.165, 1.54) is 0 Å². The van der Waals surface area contributed by atoms with Gasteiger partial charge in [0, 0.05) is 18.5 Å². The minimum absolute atomic E-state index is 0.166. The zero-order chi connectivity index (χ0) is 22.8. The van der Waals surface area contributed by atoms with Crippen molar-refractivity contribution in [3.63, 3.8) is 0 Å². The molecular weight excluding hydrogens is 241 g/mol. The lowest BCUT2D eigenvalue weighted by atomic mass is 9.80. The van der Waals surface area contributed by atoms with Gasteiger partial charge in [0.25, 0.3) is 0 Å². The Morgan fingerprint density at radius 3 is 2.68 bits per heavy atom. The number of nitrogens with zero attached hydrogens (tertiary/aromatic N) is 1. The molecule has 1 aliphatic heterocycles. The van der Waals surface area contributed by atoms with Gasteiger partial charge in [0.2, 0.25) is 5.88 Å². The summed E-state index contributed by atoms with van der Waals surface area (Å²) in [6, 6.07) is -1.33. The highest BCUT2D eigenvalue weighted by molar-refractivity contribution is 6.62. The van der Waals surface area contributed by atoms with E-state index in [-0.39, 0.29) is 5.46 Å². The van der Waals surface area contributed by atoms with E-state index in [1.807, 2.05) is 0 Å². The Kier molecular flexibility index (Phi) is 1.66. The van der Waals surface area contributed by atoms with Gasteiger partial charge in [0.15, 0.2) is 0 Å². The first kappa shape index (κ1) is 6.14. The standard InChI is InChI=1S/C14H22BNO3/c1-6-9-17-12-8-7-11(10-16-12)15-18-13(2,3)14(4,5)19-15/h7-8,10H,6,9H2,1-5H3/i1D3,6D2,7D,8D,9D2,10D. The van der Waals surface area contributed by atoms with Crippen molar-refractivity contribution in [1.82, 2.24) is 4.98 Å². The molecule has 2 heterocycles. The summed E-state index contributed by atoms with van der Waals surface area (Å²) in [4.78, 5) is 3.64. The molecule has 0 radical (unpaired) electrons. The highest BCUT2D eigenvalue weighted by atomic mass is 16.7. The Bertz CT molecular complexity index is 796. The van der Waals surface area contributed by atoms with E-state index in [1.54, 1.807) is 27.7 Å². The van der Waals surface area contributed by atoms with Gasteiger partial charge in [-0.2, -0.15) is 0 Å². The molecule has 1 saturated heterocycles. The van der Waals surface area contributed by atoms with Crippen molar-refractivity contribution >= 4 is 12.6 Å². The van der Waals surface area contributed by atoms with Gasteiger partial charge in [-0.3, -0.25) is 0 Å². The van der Waals surface area contributed by atoms with Gasteiger partial charge in [-0.1, -0.05) is 12.9 Å². The highest BCUT2D eigenvalue weighted by Gasteiger charge is 2.51. The van der Waals surface area contributed by atoms with Crippen LogP contribution in [0.15, 0.2) is 18.3 Å². The maximum atomic E-state index is 8.17.